The Morgan fingerprint density at radius 3 is 2.57 bits per heavy atom. The Morgan fingerprint density at radius 2 is 1.95 bits per heavy atom. The molecule has 2 aromatic carbocycles. The second-order valence-electron chi connectivity index (χ2n) is 8.52. The first kappa shape index (κ1) is 26.7. The molecule has 0 aliphatic carbocycles. The molecule has 0 saturated carbocycles. The van der Waals surface area contributed by atoms with Crippen LogP contribution in [0.4, 0.5) is 5.69 Å². The highest BCUT2D eigenvalue weighted by molar-refractivity contribution is 9.10. The van der Waals surface area contributed by atoms with Crippen LogP contribution in [0.3, 0.4) is 0 Å². The number of esters is 1. The number of rotatable bonds is 7. The summed E-state index contributed by atoms with van der Waals surface area (Å²) in [6.45, 7) is 3.68. The maximum atomic E-state index is 13.9. The van der Waals surface area contributed by atoms with Crippen molar-refractivity contribution in [1.29, 1.82) is 0 Å². The second kappa shape index (κ2) is 10.9. The van der Waals surface area contributed by atoms with Crippen molar-refractivity contribution in [2.45, 2.75) is 19.9 Å². The summed E-state index contributed by atoms with van der Waals surface area (Å²) in [5.41, 5.74) is 2.99. The zero-order valence-corrected chi connectivity index (χ0v) is 23.9. The number of carbonyl (C=O) groups excluding carboxylic acids is 1. The van der Waals surface area contributed by atoms with Gasteiger partial charge in [0, 0.05) is 24.1 Å². The number of methoxy groups -OCH3 is 2. The quantitative estimate of drug-likeness (QED) is 0.394. The maximum Gasteiger partial charge on any atom is 0.338 e. The van der Waals surface area contributed by atoms with Gasteiger partial charge in [-0.05, 0) is 71.7 Å². The van der Waals surface area contributed by atoms with E-state index in [9.17, 15) is 9.59 Å². The summed E-state index contributed by atoms with van der Waals surface area (Å²) < 4.78 is 19.4. The van der Waals surface area contributed by atoms with Gasteiger partial charge in [-0.15, -0.1) is 0 Å². The average Bonchev–Trinajstić information content (AvgIpc) is 3.16. The van der Waals surface area contributed by atoms with Gasteiger partial charge in [-0.2, -0.15) is 0 Å². The number of carbonyl (C=O) groups is 1. The van der Waals surface area contributed by atoms with E-state index in [0.717, 1.165) is 15.7 Å². The van der Waals surface area contributed by atoms with Gasteiger partial charge in [0.25, 0.3) is 5.56 Å². The molecule has 0 unspecified atom stereocenters. The Hall–Kier alpha value is -3.37. The molecule has 0 N–H and O–H groups in total. The van der Waals surface area contributed by atoms with Crippen molar-refractivity contribution in [2.24, 2.45) is 4.99 Å². The van der Waals surface area contributed by atoms with Gasteiger partial charge < -0.3 is 19.1 Å². The smallest absolute Gasteiger partial charge is 0.338 e. The number of benzene rings is 2. The second-order valence-corrected chi connectivity index (χ2v) is 10.4. The summed E-state index contributed by atoms with van der Waals surface area (Å²) in [6.07, 6.45) is 1.83. The summed E-state index contributed by atoms with van der Waals surface area (Å²) in [4.78, 5) is 34.1. The van der Waals surface area contributed by atoms with Gasteiger partial charge in [0.15, 0.2) is 4.80 Å². The number of fused-ring (bicyclic) bond motifs is 1. The van der Waals surface area contributed by atoms with Crippen LogP contribution in [0.25, 0.3) is 6.08 Å². The predicted molar refractivity (Wildman–Crippen MR) is 148 cm³/mol. The van der Waals surface area contributed by atoms with E-state index < -0.39 is 12.0 Å². The number of thiazole rings is 1. The normalized spacial score (nSPS) is 15.2. The lowest BCUT2D eigenvalue weighted by molar-refractivity contribution is -0.139. The summed E-state index contributed by atoms with van der Waals surface area (Å²) in [7, 11) is 7.04. The van der Waals surface area contributed by atoms with Gasteiger partial charge in [-0.1, -0.05) is 17.4 Å². The van der Waals surface area contributed by atoms with Crippen LogP contribution in [0.5, 0.6) is 11.5 Å². The van der Waals surface area contributed by atoms with Crippen LogP contribution >= 0.6 is 27.3 Å². The van der Waals surface area contributed by atoms with Crippen LogP contribution in [-0.4, -0.2) is 45.5 Å². The minimum atomic E-state index is -0.801. The van der Waals surface area contributed by atoms with Crippen molar-refractivity contribution in [2.75, 3.05) is 39.8 Å². The lowest BCUT2D eigenvalue weighted by Crippen LogP contribution is -2.40. The number of anilines is 1. The number of allylic oxidation sites excluding steroid dienone is 1. The number of nitrogens with zero attached hydrogens (tertiary/aromatic N) is 3. The molecule has 0 spiro atoms. The molecular weight excluding hydrogens is 558 g/mol. The van der Waals surface area contributed by atoms with Crippen molar-refractivity contribution in [3.8, 4) is 11.5 Å². The molecule has 0 bridgehead atoms. The standard InChI is InChI=1S/C27H28BrN3O5S/c1-7-36-26(33)23-15(2)29-27-31(24(23)18-14-17(34-5)9-11-21(18)35-6)25(32)22(37-27)13-16-8-10-20(30(3)4)19(28)12-16/h8-14,24H,7H2,1-6H3/b22-13-/t24-/m1/s1. The molecular formula is C27H28BrN3O5S. The highest BCUT2D eigenvalue weighted by Gasteiger charge is 2.35. The number of halogens is 1. The molecule has 0 radical (unpaired) electrons. The third-order valence-corrected chi connectivity index (χ3v) is 7.62. The maximum absolute atomic E-state index is 13.9. The molecule has 1 aliphatic rings. The van der Waals surface area contributed by atoms with E-state index in [1.54, 1.807) is 46.3 Å². The number of ether oxygens (including phenoxy) is 3. The monoisotopic (exact) mass is 585 g/mol. The van der Waals surface area contributed by atoms with Crippen LogP contribution in [0.1, 0.15) is 31.0 Å². The first-order valence-corrected chi connectivity index (χ1v) is 13.2. The SMILES string of the molecule is CCOC(=O)C1=C(C)N=c2s/c(=C\c3ccc(N(C)C)c(Br)c3)c(=O)n2[C@@H]1c1cc(OC)ccc1OC. The fraction of sp³-hybridized carbons (Fsp3) is 0.296. The summed E-state index contributed by atoms with van der Waals surface area (Å²) >= 11 is 4.88. The molecule has 194 valence electrons. The predicted octanol–water partition coefficient (Wildman–Crippen LogP) is 3.64. The topological polar surface area (TPSA) is 82.4 Å². The molecule has 0 amide bonds. The molecule has 4 rings (SSSR count). The molecule has 37 heavy (non-hydrogen) atoms. The Morgan fingerprint density at radius 1 is 1.19 bits per heavy atom. The molecule has 1 aliphatic heterocycles. The molecule has 10 heteroatoms. The molecule has 2 heterocycles. The van der Waals surface area contributed by atoms with Crippen molar-refractivity contribution < 1.29 is 19.0 Å². The van der Waals surface area contributed by atoms with Gasteiger partial charge in [0.05, 0.1) is 42.3 Å². The van der Waals surface area contributed by atoms with Crippen molar-refractivity contribution in [3.63, 3.8) is 0 Å². The fourth-order valence-electron chi connectivity index (χ4n) is 4.27. The summed E-state index contributed by atoms with van der Waals surface area (Å²) in [5.74, 6) is 0.554. The summed E-state index contributed by atoms with van der Waals surface area (Å²) in [6, 6.07) is 10.4. The molecule has 1 atom stereocenters. The van der Waals surface area contributed by atoms with E-state index in [1.165, 1.54) is 15.9 Å². The number of aromatic nitrogens is 1. The first-order chi connectivity index (χ1) is 17.7. The zero-order valence-electron chi connectivity index (χ0n) is 21.5. The van der Waals surface area contributed by atoms with Gasteiger partial charge in [-0.25, -0.2) is 9.79 Å². The lowest BCUT2D eigenvalue weighted by Gasteiger charge is -2.26. The molecule has 3 aromatic rings. The molecule has 8 nitrogen and oxygen atoms in total. The van der Waals surface area contributed by atoms with Crippen LogP contribution in [0.15, 0.2) is 61.9 Å². The lowest BCUT2D eigenvalue weighted by atomic mass is 9.94. The Balaban J connectivity index is 1.98. The van der Waals surface area contributed by atoms with Gasteiger partial charge >= 0.3 is 5.97 Å². The van der Waals surface area contributed by atoms with E-state index in [0.29, 0.717) is 32.1 Å². The van der Waals surface area contributed by atoms with Crippen molar-refractivity contribution in [1.82, 2.24) is 4.57 Å². The third-order valence-electron chi connectivity index (χ3n) is 6.00. The van der Waals surface area contributed by atoms with Crippen LogP contribution in [0.2, 0.25) is 0 Å². The summed E-state index contributed by atoms with van der Waals surface area (Å²) in [5, 5.41) is 0. The average molecular weight is 587 g/mol. The van der Waals surface area contributed by atoms with Crippen molar-refractivity contribution >= 4 is 45.0 Å². The van der Waals surface area contributed by atoms with Gasteiger partial charge in [0.2, 0.25) is 0 Å². The minimum Gasteiger partial charge on any atom is -0.497 e. The zero-order chi connectivity index (χ0) is 26.9. The number of hydrogen-bond acceptors (Lipinski definition) is 8. The van der Waals surface area contributed by atoms with Gasteiger partial charge in [0.1, 0.15) is 17.5 Å². The van der Waals surface area contributed by atoms with E-state index in [2.05, 4.69) is 20.9 Å². The van der Waals surface area contributed by atoms with E-state index in [4.69, 9.17) is 14.2 Å². The highest BCUT2D eigenvalue weighted by Crippen LogP contribution is 2.37. The Bertz CT molecular complexity index is 1570. The fourth-order valence-corrected chi connectivity index (χ4v) is 6.06. The van der Waals surface area contributed by atoms with Crippen LogP contribution in [0, 0.1) is 0 Å². The largest absolute Gasteiger partial charge is 0.497 e. The van der Waals surface area contributed by atoms with E-state index >= 15 is 0 Å². The van der Waals surface area contributed by atoms with Crippen LogP contribution < -0.4 is 29.3 Å². The van der Waals surface area contributed by atoms with E-state index in [-0.39, 0.29) is 17.7 Å². The molecule has 0 saturated heterocycles. The first-order valence-electron chi connectivity index (χ1n) is 11.6. The van der Waals surface area contributed by atoms with Gasteiger partial charge in [-0.3, -0.25) is 9.36 Å². The third kappa shape index (κ3) is 5.08. The highest BCUT2D eigenvalue weighted by atomic mass is 79.9. The van der Waals surface area contributed by atoms with Crippen LogP contribution in [-0.2, 0) is 9.53 Å². The Kier molecular flexibility index (Phi) is 7.89. The van der Waals surface area contributed by atoms with Crippen molar-refractivity contribution in [3.05, 3.63) is 83.0 Å². The van der Waals surface area contributed by atoms with E-state index in [1.807, 2.05) is 43.3 Å². The Labute approximate surface area is 227 Å². The molecule has 1 aromatic heterocycles. The minimum absolute atomic E-state index is 0.194. The molecule has 0 fully saturated rings. The number of hydrogen-bond donors (Lipinski definition) is 0.